The summed E-state index contributed by atoms with van der Waals surface area (Å²) in [5.41, 5.74) is 0. The molecular formula is C5H5IrO2. The molecule has 3 heteroatoms. The van der Waals surface area contributed by atoms with E-state index in [4.69, 9.17) is 4.74 Å². The molecule has 1 rings (SSSR count). The third-order valence-electron chi connectivity index (χ3n) is 0.723. The van der Waals surface area contributed by atoms with Crippen LogP contribution in [-0.4, -0.2) is 4.62 Å². The predicted molar refractivity (Wildman–Crippen MR) is 23.8 cm³/mol. The van der Waals surface area contributed by atoms with Crippen LogP contribution in [0.1, 0.15) is 0 Å². The summed E-state index contributed by atoms with van der Waals surface area (Å²) in [6, 6.07) is 0. The van der Waals surface area contributed by atoms with Crippen molar-refractivity contribution in [1.29, 1.82) is 0 Å². The molecule has 1 aliphatic heterocycles. The van der Waals surface area contributed by atoms with Crippen molar-refractivity contribution in [3.05, 3.63) is 24.5 Å². The Hall–Kier alpha value is -0.111. The predicted octanol–water partition coefficient (Wildman–Crippen LogP) is 0.841. The Morgan fingerprint density at radius 3 is 2.75 bits per heavy atom. The first-order chi connectivity index (χ1) is 3.93. The molecule has 0 spiro atoms. The molecule has 0 aromatic carbocycles. The van der Waals surface area contributed by atoms with Gasteiger partial charge in [-0.2, -0.15) is 0 Å². The molecule has 0 N–H and O–H groups in total. The van der Waals surface area contributed by atoms with Crippen LogP contribution >= 0.6 is 0 Å². The molecule has 8 heavy (non-hydrogen) atoms. The monoisotopic (exact) mass is 290 g/mol. The van der Waals surface area contributed by atoms with Gasteiger partial charge in [-0.1, -0.05) is 0 Å². The average molecular weight is 289 g/mol. The zero-order valence-corrected chi connectivity index (χ0v) is 6.43. The van der Waals surface area contributed by atoms with Crippen molar-refractivity contribution in [2.75, 3.05) is 0 Å². The van der Waals surface area contributed by atoms with Crippen LogP contribution in [0.25, 0.3) is 0 Å². The number of allylic oxidation sites excluding steroid dienone is 2. The van der Waals surface area contributed by atoms with Crippen LogP contribution in [-0.2, 0) is 26.7 Å². The fourth-order valence-corrected chi connectivity index (χ4v) is 1.17. The second-order valence-electron chi connectivity index (χ2n) is 1.25. The topological polar surface area (TPSA) is 29.1 Å². The standard InChI is InChI=1S/C5H5O.Ir.O/c1-2-4-6-5-3-1;;/h1-5H;;. The number of ether oxygens (including phenoxy) is 1. The normalized spacial score (nSPS) is 25.9. The summed E-state index contributed by atoms with van der Waals surface area (Å²) in [5, 5.41) is 0. The fourth-order valence-electron chi connectivity index (χ4n) is 0.399. The van der Waals surface area contributed by atoms with Crippen LogP contribution < -0.4 is 0 Å². The quantitative estimate of drug-likeness (QED) is 0.703. The van der Waals surface area contributed by atoms with Gasteiger partial charge in [-0.25, -0.2) is 0 Å². The van der Waals surface area contributed by atoms with Crippen LogP contribution in [0.5, 0.6) is 0 Å². The van der Waals surface area contributed by atoms with E-state index in [0.717, 1.165) is 0 Å². The van der Waals surface area contributed by atoms with Crippen LogP contribution in [0, 0.1) is 0 Å². The molecule has 0 fully saturated rings. The van der Waals surface area contributed by atoms with E-state index in [2.05, 4.69) is 0 Å². The Morgan fingerprint density at radius 2 is 2.38 bits per heavy atom. The van der Waals surface area contributed by atoms with E-state index >= 15 is 0 Å². The molecule has 46 valence electrons. The van der Waals surface area contributed by atoms with E-state index < -0.39 is 18.1 Å². The van der Waals surface area contributed by atoms with Crippen LogP contribution in [0.2, 0.25) is 0 Å². The molecular weight excluding hydrogens is 284 g/mol. The molecule has 0 aliphatic carbocycles. The molecule has 0 aromatic rings. The minimum atomic E-state index is -1.14. The average Bonchev–Trinajstić information content (AvgIpc) is 1.90. The molecule has 0 saturated heterocycles. The summed E-state index contributed by atoms with van der Waals surface area (Å²) >= 11 is -1.14. The van der Waals surface area contributed by atoms with Gasteiger partial charge in [-0.15, -0.1) is 0 Å². The van der Waals surface area contributed by atoms with Gasteiger partial charge in [-0.3, -0.25) is 0 Å². The SMILES string of the molecule is [O][Ir][CH]1C=CC=CO1. The van der Waals surface area contributed by atoms with Gasteiger partial charge in [0.25, 0.3) is 0 Å². The molecule has 1 atom stereocenters. The first-order valence-electron chi connectivity index (χ1n) is 2.13. The zero-order chi connectivity index (χ0) is 5.82. The Bertz CT molecular complexity index is 120. The summed E-state index contributed by atoms with van der Waals surface area (Å²) in [4.78, 5) is 0. The second-order valence-corrected chi connectivity index (χ2v) is 3.18. The zero-order valence-electron chi connectivity index (χ0n) is 4.04. The van der Waals surface area contributed by atoms with E-state index in [1.165, 1.54) is 0 Å². The van der Waals surface area contributed by atoms with Crippen molar-refractivity contribution >= 4 is 0 Å². The number of rotatable bonds is 1. The van der Waals surface area contributed by atoms with Crippen molar-refractivity contribution in [3.8, 4) is 0 Å². The van der Waals surface area contributed by atoms with Crippen LogP contribution in [0.3, 0.4) is 0 Å². The molecule has 0 aromatic heterocycles. The number of hydrogen-bond acceptors (Lipinski definition) is 1. The Kier molecular flexibility index (Phi) is 2.27. The number of hydrogen-bond donors (Lipinski definition) is 0. The van der Waals surface area contributed by atoms with Gasteiger partial charge in [0.05, 0.1) is 0 Å². The molecule has 1 aliphatic rings. The molecule has 0 bridgehead atoms. The molecule has 2 nitrogen and oxygen atoms in total. The third kappa shape index (κ3) is 1.44. The maximum atomic E-state index is 10.2. The molecule has 0 amide bonds. The fraction of sp³-hybridized carbons (Fsp3) is 0.200. The van der Waals surface area contributed by atoms with Crippen molar-refractivity contribution in [2.45, 2.75) is 4.62 Å². The van der Waals surface area contributed by atoms with Crippen molar-refractivity contribution in [1.82, 2.24) is 0 Å². The van der Waals surface area contributed by atoms with Gasteiger partial charge in [0, 0.05) is 0 Å². The first-order valence-corrected chi connectivity index (χ1v) is 4.49. The van der Waals surface area contributed by atoms with Gasteiger partial charge in [-0.05, 0) is 0 Å². The van der Waals surface area contributed by atoms with Gasteiger partial charge < -0.3 is 0 Å². The van der Waals surface area contributed by atoms with Crippen LogP contribution in [0.4, 0.5) is 0 Å². The third-order valence-corrected chi connectivity index (χ3v) is 2.07. The summed E-state index contributed by atoms with van der Waals surface area (Å²) in [5.74, 6) is 0. The van der Waals surface area contributed by atoms with E-state index in [9.17, 15) is 3.86 Å². The maximum absolute atomic E-state index is 10.2. The Labute approximate surface area is 56.2 Å². The van der Waals surface area contributed by atoms with Gasteiger partial charge in [0.1, 0.15) is 0 Å². The van der Waals surface area contributed by atoms with E-state index in [0.29, 0.717) is 0 Å². The van der Waals surface area contributed by atoms with Gasteiger partial charge in [0.2, 0.25) is 0 Å². The molecule has 0 saturated carbocycles. The summed E-state index contributed by atoms with van der Waals surface area (Å²) in [6.45, 7) is 0. The van der Waals surface area contributed by atoms with Crippen molar-refractivity contribution in [3.63, 3.8) is 0 Å². The first kappa shape index (κ1) is 6.02. The molecule has 1 heterocycles. The second kappa shape index (κ2) is 3.02. The molecule has 1 radical (unpaired) electrons. The van der Waals surface area contributed by atoms with Crippen molar-refractivity contribution in [2.24, 2.45) is 0 Å². The Morgan fingerprint density at radius 1 is 1.50 bits per heavy atom. The summed E-state index contributed by atoms with van der Waals surface area (Å²) in [6.07, 6.45) is 6.98. The van der Waals surface area contributed by atoms with Gasteiger partial charge >= 0.3 is 55.8 Å². The van der Waals surface area contributed by atoms with E-state index in [-0.39, 0.29) is 4.62 Å². The van der Waals surface area contributed by atoms with Crippen LogP contribution in [0.15, 0.2) is 24.5 Å². The van der Waals surface area contributed by atoms with Crippen molar-refractivity contribution < 1.29 is 26.7 Å². The van der Waals surface area contributed by atoms with Gasteiger partial charge in [0.15, 0.2) is 0 Å². The Balaban J connectivity index is 2.40. The summed E-state index contributed by atoms with van der Waals surface area (Å²) in [7, 11) is 0. The van der Waals surface area contributed by atoms with E-state index in [1.807, 2.05) is 6.08 Å². The summed E-state index contributed by atoms with van der Waals surface area (Å²) < 4.78 is 15.0. The minimum absolute atomic E-state index is 0.111. The van der Waals surface area contributed by atoms with E-state index in [1.54, 1.807) is 18.4 Å². The molecule has 1 unspecified atom stereocenters.